The van der Waals surface area contributed by atoms with Crippen LogP contribution in [0.5, 0.6) is 0 Å². The minimum absolute atomic E-state index is 0.00694. The molecule has 1 heterocycles. The zero-order valence-electron chi connectivity index (χ0n) is 10.9. The largest absolute Gasteiger partial charge is 0.478 e. The maximum absolute atomic E-state index is 12.2. The zero-order chi connectivity index (χ0) is 13.7. The van der Waals surface area contributed by atoms with Gasteiger partial charge < -0.3 is 10.0 Å². The van der Waals surface area contributed by atoms with Crippen LogP contribution >= 0.6 is 0 Å². The van der Waals surface area contributed by atoms with Gasteiger partial charge in [-0.3, -0.25) is 9.78 Å². The van der Waals surface area contributed by atoms with Gasteiger partial charge in [-0.15, -0.1) is 0 Å². The molecule has 0 atom stereocenters. The van der Waals surface area contributed by atoms with E-state index in [1.807, 2.05) is 20.8 Å². The van der Waals surface area contributed by atoms with E-state index in [4.69, 9.17) is 5.11 Å². The first kappa shape index (κ1) is 14.2. The number of hydrogen-bond donors (Lipinski definition) is 1. The third-order valence-electron chi connectivity index (χ3n) is 2.50. The Bertz CT molecular complexity index is 444. The number of rotatable bonds is 5. The lowest BCUT2D eigenvalue weighted by molar-refractivity contribution is 0.0669. The molecule has 0 aromatic carbocycles. The Balaban J connectivity index is 3.05. The van der Waals surface area contributed by atoms with Crippen LogP contribution in [0.3, 0.4) is 0 Å². The van der Waals surface area contributed by atoms with Crippen molar-refractivity contribution < 1.29 is 14.7 Å². The molecule has 1 amide bonds. The fourth-order valence-electron chi connectivity index (χ4n) is 1.69. The van der Waals surface area contributed by atoms with Gasteiger partial charge in [0.2, 0.25) is 0 Å². The van der Waals surface area contributed by atoms with Gasteiger partial charge in [-0.2, -0.15) is 0 Å². The third kappa shape index (κ3) is 3.29. The Morgan fingerprint density at radius 1 is 1.44 bits per heavy atom. The zero-order valence-corrected chi connectivity index (χ0v) is 10.9. The fourth-order valence-corrected chi connectivity index (χ4v) is 1.69. The lowest BCUT2D eigenvalue weighted by atomic mass is 10.1. The number of carbonyl (C=O) groups excluding carboxylic acids is 1. The number of carboxylic acids is 1. The molecule has 18 heavy (non-hydrogen) atoms. The standard InChI is InChI=1S/C13H18N2O3/c1-4-15(8-9(2)3)12(16)11-10(13(17)18)6-5-7-14-11/h5-7,9H,4,8H2,1-3H3,(H,17,18). The van der Waals surface area contributed by atoms with Crippen molar-refractivity contribution in [1.29, 1.82) is 0 Å². The van der Waals surface area contributed by atoms with E-state index in [2.05, 4.69) is 4.98 Å². The molecular formula is C13H18N2O3. The number of amides is 1. The summed E-state index contributed by atoms with van der Waals surface area (Å²) in [5.41, 5.74) is -0.0443. The molecule has 0 aliphatic carbocycles. The number of pyridine rings is 1. The maximum Gasteiger partial charge on any atom is 0.338 e. The molecule has 0 fully saturated rings. The Labute approximate surface area is 106 Å². The SMILES string of the molecule is CCN(CC(C)C)C(=O)c1ncccc1C(=O)O. The Kier molecular flexibility index (Phi) is 4.83. The van der Waals surface area contributed by atoms with Gasteiger partial charge in [-0.05, 0) is 25.0 Å². The predicted molar refractivity (Wildman–Crippen MR) is 67.6 cm³/mol. The summed E-state index contributed by atoms with van der Waals surface area (Å²) >= 11 is 0. The summed E-state index contributed by atoms with van der Waals surface area (Å²) in [7, 11) is 0. The Morgan fingerprint density at radius 3 is 2.61 bits per heavy atom. The predicted octanol–water partition coefficient (Wildman–Crippen LogP) is 1.90. The van der Waals surface area contributed by atoms with Gasteiger partial charge in [0, 0.05) is 19.3 Å². The van der Waals surface area contributed by atoms with Gasteiger partial charge in [0.1, 0.15) is 5.69 Å². The van der Waals surface area contributed by atoms with E-state index in [0.717, 1.165) is 0 Å². The molecule has 0 aliphatic heterocycles. The summed E-state index contributed by atoms with van der Waals surface area (Å²) in [6, 6.07) is 2.91. The van der Waals surface area contributed by atoms with Crippen LogP contribution in [0.2, 0.25) is 0 Å². The van der Waals surface area contributed by atoms with Crippen LogP contribution in [-0.4, -0.2) is 40.0 Å². The molecule has 1 aromatic heterocycles. The van der Waals surface area contributed by atoms with Crippen LogP contribution in [0.1, 0.15) is 41.6 Å². The molecule has 1 aromatic rings. The van der Waals surface area contributed by atoms with Gasteiger partial charge in [0.05, 0.1) is 5.56 Å². The van der Waals surface area contributed by atoms with Gasteiger partial charge in [-0.1, -0.05) is 13.8 Å². The number of carboxylic acid groups (broad SMARTS) is 1. The Hall–Kier alpha value is -1.91. The van der Waals surface area contributed by atoms with E-state index in [1.165, 1.54) is 18.3 Å². The van der Waals surface area contributed by atoms with Crippen LogP contribution in [0, 0.1) is 5.92 Å². The molecule has 0 unspecified atom stereocenters. The van der Waals surface area contributed by atoms with Crippen molar-refractivity contribution in [3.63, 3.8) is 0 Å². The van der Waals surface area contributed by atoms with Crippen molar-refractivity contribution in [2.45, 2.75) is 20.8 Å². The molecule has 0 saturated carbocycles. The molecule has 0 bridgehead atoms. The highest BCUT2D eigenvalue weighted by Gasteiger charge is 2.22. The van der Waals surface area contributed by atoms with E-state index in [1.54, 1.807) is 4.90 Å². The van der Waals surface area contributed by atoms with Crippen molar-refractivity contribution in [3.8, 4) is 0 Å². The molecule has 1 rings (SSSR count). The Morgan fingerprint density at radius 2 is 2.11 bits per heavy atom. The summed E-state index contributed by atoms with van der Waals surface area (Å²) in [4.78, 5) is 28.8. The molecular weight excluding hydrogens is 232 g/mol. The highest BCUT2D eigenvalue weighted by atomic mass is 16.4. The summed E-state index contributed by atoms with van der Waals surface area (Å²) in [5, 5.41) is 9.04. The average molecular weight is 250 g/mol. The first-order chi connectivity index (χ1) is 8.47. The average Bonchev–Trinajstić information content (AvgIpc) is 2.34. The summed E-state index contributed by atoms with van der Waals surface area (Å²) in [6.45, 7) is 7.00. The summed E-state index contributed by atoms with van der Waals surface area (Å²) < 4.78 is 0. The van der Waals surface area contributed by atoms with Gasteiger partial charge in [0.15, 0.2) is 0 Å². The lowest BCUT2D eigenvalue weighted by Crippen LogP contribution is -2.35. The van der Waals surface area contributed by atoms with Crippen LogP contribution in [-0.2, 0) is 0 Å². The lowest BCUT2D eigenvalue weighted by Gasteiger charge is -2.22. The molecule has 0 aliphatic rings. The molecule has 98 valence electrons. The summed E-state index contributed by atoms with van der Waals surface area (Å²) in [6.07, 6.45) is 1.43. The first-order valence-corrected chi connectivity index (χ1v) is 5.95. The second kappa shape index (κ2) is 6.14. The van der Waals surface area contributed by atoms with Crippen LogP contribution in [0.15, 0.2) is 18.3 Å². The normalized spacial score (nSPS) is 10.4. The van der Waals surface area contributed by atoms with E-state index < -0.39 is 5.97 Å². The van der Waals surface area contributed by atoms with Crippen LogP contribution < -0.4 is 0 Å². The number of carbonyl (C=O) groups is 2. The monoisotopic (exact) mass is 250 g/mol. The van der Waals surface area contributed by atoms with Crippen molar-refractivity contribution >= 4 is 11.9 Å². The van der Waals surface area contributed by atoms with Crippen molar-refractivity contribution in [2.24, 2.45) is 5.92 Å². The topological polar surface area (TPSA) is 70.5 Å². The van der Waals surface area contributed by atoms with E-state index >= 15 is 0 Å². The van der Waals surface area contributed by atoms with Gasteiger partial charge >= 0.3 is 5.97 Å². The van der Waals surface area contributed by atoms with Gasteiger partial charge in [-0.25, -0.2) is 4.79 Å². The smallest absolute Gasteiger partial charge is 0.338 e. The van der Waals surface area contributed by atoms with Crippen LogP contribution in [0.4, 0.5) is 0 Å². The second-order valence-electron chi connectivity index (χ2n) is 4.44. The van der Waals surface area contributed by atoms with Gasteiger partial charge in [0.25, 0.3) is 5.91 Å². The number of nitrogens with zero attached hydrogens (tertiary/aromatic N) is 2. The minimum atomic E-state index is -1.13. The van der Waals surface area contributed by atoms with Crippen molar-refractivity contribution in [2.75, 3.05) is 13.1 Å². The number of aromatic nitrogens is 1. The fraction of sp³-hybridized carbons (Fsp3) is 0.462. The quantitative estimate of drug-likeness (QED) is 0.866. The molecule has 5 heteroatoms. The second-order valence-corrected chi connectivity index (χ2v) is 4.44. The molecule has 0 spiro atoms. The highest BCUT2D eigenvalue weighted by molar-refractivity contribution is 6.03. The summed E-state index contributed by atoms with van der Waals surface area (Å²) in [5.74, 6) is -1.14. The molecule has 0 saturated heterocycles. The van der Waals surface area contributed by atoms with E-state index in [9.17, 15) is 9.59 Å². The highest BCUT2D eigenvalue weighted by Crippen LogP contribution is 2.10. The van der Waals surface area contributed by atoms with Crippen molar-refractivity contribution in [1.82, 2.24) is 9.88 Å². The first-order valence-electron chi connectivity index (χ1n) is 5.95. The maximum atomic E-state index is 12.2. The van der Waals surface area contributed by atoms with Crippen molar-refractivity contribution in [3.05, 3.63) is 29.6 Å². The number of hydrogen-bond acceptors (Lipinski definition) is 3. The minimum Gasteiger partial charge on any atom is -0.478 e. The number of aromatic carboxylic acids is 1. The van der Waals surface area contributed by atoms with E-state index in [0.29, 0.717) is 19.0 Å². The van der Waals surface area contributed by atoms with Crippen LogP contribution in [0.25, 0.3) is 0 Å². The molecule has 5 nitrogen and oxygen atoms in total. The molecule has 0 radical (unpaired) electrons. The molecule has 1 N–H and O–H groups in total. The van der Waals surface area contributed by atoms with E-state index in [-0.39, 0.29) is 17.2 Å². The third-order valence-corrected chi connectivity index (χ3v) is 2.50.